The topological polar surface area (TPSA) is 58.6 Å². The molecule has 0 spiro atoms. The molecule has 1 heterocycles. The highest BCUT2D eigenvalue weighted by Crippen LogP contribution is 2.52. The van der Waals surface area contributed by atoms with Crippen molar-refractivity contribution in [1.82, 2.24) is 0 Å². The van der Waals surface area contributed by atoms with Crippen LogP contribution >= 0.6 is 0 Å². The SMILES string of the molecule is CCOc1cccc2c1N[C@H](c1ccccc1C(=O)O)[C@H]1CC=C[C@@H]21. The van der Waals surface area contributed by atoms with Crippen LogP contribution in [0.1, 0.15) is 46.8 Å². The normalized spacial score (nSPS) is 23.5. The zero-order chi connectivity index (χ0) is 17.4. The zero-order valence-corrected chi connectivity index (χ0v) is 14.1. The van der Waals surface area contributed by atoms with E-state index in [4.69, 9.17) is 4.74 Å². The Morgan fingerprint density at radius 2 is 2.00 bits per heavy atom. The Bertz CT molecular complexity index is 843. The molecular weight excluding hydrogens is 314 g/mol. The number of aromatic carboxylic acids is 1. The van der Waals surface area contributed by atoms with Gasteiger partial charge in [0.25, 0.3) is 0 Å². The number of benzene rings is 2. The molecule has 1 aliphatic heterocycles. The summed E-state index contributed by atoms with van der Waals surface area (Å²) in [5.41, 5.74) is 3.42. The van der Waals surface area contributed by atoms with Crippen LogP contribution in [0.3, 0.4) is 0 Å². The van der Waals surface area contributed by atoms with Crippen molar-refractivity contribution in [1.29, 1.82) is 0 Å². The monoisotopic (exact) mass is 335 g/mol. The smallest absolute Gasteiger partial charge is 0.336 e. The quantitative estimate of drug-likeness (QED) is 0.801. The molecule has 0 fully saturated rings. The number of carboxylic acid groups (broad SMARTS) is 1. The van der Waals surface area contributed by atoms with Crippen molar-refractivity contribution in [3.63, 3.8) is 0 Å². The van der Waals surface area contributed by atoms with Gasteiger partial charge in [-0.2, -0.15) is 0 Å². The molecule has 0 aromatic heterocycles. The van der Waals surface area contributed by atoms with Gasteiger partial charge in [-0.25, -0.2) is 4.79 Å². The van der Waals surface area contributed by atoms with Gasteiger partial charge in [-0.15, -0.1) is 0 Å². The van der Waals surface area contributed by atoms with E-state index in [0.29, 0.717) is 18.1 Å². The number of allylic oxidation sites excluding steroid dienone is 2. The maximum absolute atomic E-state index is 11.7. The Balaban J connectivity index is 1.83. The van der Waals surface area contributed by atoms with Gasteiger partial charge < -0.3 is 15.2 Å². The number of carbonyl (C=O) groups is 1. The second-order valence-corrected chi connectivity index (χ2v) is 6.52. The van der Waals surface area contributed by atoms with E-state index in [1.807, 2.05) is 31.2 Å². The molecule has 0 radical (unpaired) electrons. The van der Waals surface area contributed by atoms with Crippen LogP contribution in [-0.2, 0) is 0 Å². The molecule has 3 atom stereocenters. The summed E-state index contributed by atoms with van der Waals surface area (Å²) in [7, 11) is 0. The number of rotatable bonds is 4. The molecule has 2 aromatic rings. The number of para-hydroxylation sites is 1. The van der Waals surface area contributed by atoms with Crippen LogP contribution in [-0.4, -0.2) is 17.7 Å². The molecule has 2 N–H and O–H groups in total. The van der Waals surface area contributed by atoms with Crippen LogP contribution in [0, 0.1) is 5.92 Å². The molecule has 0 bridgehead atoms. The largest absolute Gasteiger partial charge is 0.492 e. The van der Waals surface area contributed by atoms with E-state index < -0.39 is 5.97 Å². The van der Waals surface area contributed by atoms with E-state index >= 15 is 0 Å². The van der Waals surface area contributed by atoms with Gasteiger partial charge in [-0.1, -0.05) is 42.5 Å². The molecule has 2 aromatic carbocycles. The Hall–Kier alpha value is -2.75. The van der Waals surface area contributed by atoms with Crippen LogP contribution in [0.2, 0.25) is 0 Å². The van der Waals surface area contributed by atoms with Gasteiger partial charge in [-0.3, -0.25) is 0 Å². The molecule has 128 valence electrons. The first-order valence-electron chi connectivity index (χ1n) is 8.71. The molecule has 25 heavy (non-hydrogen) atoms. The van der Waals surface area contributed by atoms with Crippen LogP contribution in [0.15, 0.2) is 54.6 Å². The zero-order valence-electron chi connectivity index (χ0n) is 14.1. The Morgan fingerprint density at radius 1 is 1.20 bits per heavy atom. The van der Waals surface area contributed by atoms with E-state index in [1.54, 1.807) is 12.1 Å². The van der Waals surface area contributed by atoms with Gasteiger partial charge >= 0.3 is 5.97 Å². The van der Waals surface area contributed by atoms with Gasteiger partial charge in [-0.05, 0) is 42.5 Å². The predicted molar refractivity (Wildman–Crippen MR) is 97.4 cm³/mol. The second kappa shape index (κ2) is 6.28. The summed E-state index contributed by atoms with van der Waals surface area (Å²) >= 11 is 0. The Morgan fingerprint density at radius 3 is 2.80 bits per heavy atom. The number of hydrogen-bond donors (Lipinski definition) is 2. The molecule has 1 aliphatic carbocycles. The minimum absolute atomic E-state index is 0.0543. The van der Waals surface area contributed by atoms with Crippen molar-refractivity contribution in [3.8, 4) is 5.75 Å². The summed E-state index contributed by atoms with van der Waals surface area (Å²) < 4.78 is 5.81. The number of nitrogens with one attached hydrogen (secondary N) is 1. The van der Waals surface area contributed by atoms with Gasteiger partial charge in [0.15, 0.2) is 0 Å². The van der Waals surface area contributed by atoms with Gasteiger partial charge in [0.1, 0.15) is 5.75 Å². The lowest BCUT2D eigenvalue weighted by atomic mass is 9.76. The number of anilines is 1. The molecule has 0 saturated heterocycles. The average Bonchev–Trinajstić information content (AvgIpc) is 3.11. The molecule has 0 unspecified atom stereocenters. The lowest BCUT2D eigenvalue weighted by Crippen LogP contribution is -2.30. The third-order valence-corrected chi connectivity index (χ3v) is 5.18. The number of fused-ring (bicyclic) bond motifs is 3. The summed E-state index contributed by atoms with van der Waals surface area (Å²) in [4.78, 5) is 11.7. The van der Waals surface area contributed by atoms with E-state index in [2.05, 4.69) is 23.5 Å². The first-order valence-corrected chi connectivity index (χ1v) is 8.71. The first kappa shape index (κ1) is 15.8. The highest BCUT2D eigenvalue weighted by molar-refractivity contribution is 5.90. The molecule has 4 heteroatoms. The van der Waals surface area contributed by atoms with Crippen LogP contribution in [0.4, 0.5) is 5.69 Å². The number of hydrogen-bond acceptors (Lipinski definition) is 3. The molecular formula is C21H21NO3. The van der Waals surface area contributed by atoms with Crippen molar-refractivity contribution in [2.24, 2.45) is 5.92 Å². The highest BCUT2D eigenvalue weighted by Gasteiger charge is 2.40. The molecule has 2 aliphatic rings. The minimum Gasteiger partial charge on any atom is -0.492 e. The fraction of sp³-hybridized carbons (Fsp3) is 0.286. The standard InChI is InChI=1S/C21H21NO3/c1-2-25-18-12-6-11-15-13-9-5-10-14(13)19(22-20(15)18)16-7-3-4-8-17(16)21(23)24/h3-9,11-14,19,22H,2,10H2,1H3,(H,23,24)/t13-,14+,19+/m1/s1. The third-order valence-electron chi connectivity index (χ3n) is 5.18. The van der Waals surface area contributed by atoms with Crippen LogP contribution in [0.25, 0.3) is 0 Å². The van der Waals surface area contributed by atoms with Crippen molar-refractivity contribution < 1.29 is 14.6 Å². The van der Waals surface area contributed by atoms with Crippen molar-refractivity contribution >= 4 is 11.7 Å². The van der Waals surface area contributed by atoms with Crippen molar-refractivity contribution in [3.05, 3.63) is 71.3 Å². The highest BCUT2D eigenvalue weighted by atomic mass is 16.5. The van der Waals surface area contributed by atoms with Crippen LogP contribution in [0.5, 0.6) is 5.75 Å². The molecule has 4 nitrogen and oxygen atoms in total. The Kier molecular flexibility index (Phi) is 3.96. The Labute approximate surface area is 147 Å². The van der Waals surface area contributed by atoms with Gasteiger partial charge in [0.2, 0.25) is 0 Å². The summed E-state index contributed by atoms with van der Waals surface area (Å²) in [6.07, 6.45) is 5.39. The lowest BCUT2D eigenvalue weighted by molar-refractivity contribution is 0.0694. The molecule has 4 rings (SSSR count). The van der Waals surface area contributed by atoms with E-state index in [0.717, 1.165) is 23.4 Å². The lowest BCUT2D eigenvalue weighted by Gasteiger charge is -2.38. The predicted octanol–water partition coefficient (Wildman–Crippen LogP) is 4.61. The fourth-order valence-electron chi connectivity index (χ4n) is 4.14. The van der Waals surface area contributed by atoms with Crippen molar-refractivity contribution in [2.75, 3.05) is 11.9 Å². The maximum Gasteiger partial charge on any atom is 0.336 e. The van der Waals surface area contributed by atoms with Gasteiger partial charge in [0.05, 0.1) is 23.9 Å². The number of carboxylic acids is 1. The van der Waals surface area contributed by atoms with E-state index in [9.17, 15) is 9.90 Å². The second-order valence-electron chi connectivity index (χ2n) is 6.52. The minimum atomic E-state index is -0.885. The van der Waals surface area contributed by atoms with Gasteiger partial charge in [0, 0.05) is 5.92 Å². The van der Waals surface area contributed by atoms with Crippen LogP contribution < -0.4 is 10.1 Å². The summed E-state index contributed by atoms with van der Waals surface area (Å²) in [6.45, 7) is 2.57. The first-order chi connectivity index (χ1) is 12.2. The summed E-state index contributed by atoms with van der Waals surface area (Å²) in [6, 6.07) is 13.4. The molecule has 0 saturated carbocycles. The summed E-state index contributed by atoms with van der Waals surface area (Å²) in [5, 5.41) is 13.2. The maximum atomic E-state index is 11.7. The van der Waals surface area contributed by atoms with E-state index in [1.165, 1.54) is 5.56 Å². The third kappa shape index (κ3) is 2.58. The average molecular weight is 335 g/mol. The summed E-state index contributed by atoms with van der Waals surface area (Å²) in [5.74, 6) is 0.536. The van der Waals surface area contributed by atoms with E-state index in [-0.39, 0.29) is 12.0 Å². The fourth-order valence-corrected chi connectivity index (χ4v) is 4.14. The number of ether oxygens (including phenoxy) is 1. The van der Waals surface area contributed by atoms with Crippen molar-refractivity contribution in [2.45, 2.75) is 25.3 Å². The molecule has 0 amide bonds.